The van der Waals surface area contributed by atoms with Crippen LogP contribution in [0.5, 0.6) is 0 Å². The second kappa shape index (κ2) is 3.35. The molecular weight excluding hydrogens is 242 g/mol. The van der Waals surface area contributed by atoms with Crippen LogP contribution < -0.4 is 4.68 Å². The summed E-state index contributed by atoms with van der Waals surface area (Å²) in [5.74, 6) is 0. The molecule has 0 bridgehead atoms. The van der Waals surface area contributed by atoms with Crippen LogP contribution in [0.15, 0.2) is 22.7 Å². The molecule has 0 aliphatic heterocycles. The number of halogens is 1. The van der Waals surface area contributed by atoms with Gasteiger partial charge in [-0.05, 0) is 30.8 Å². The number of rotatable bonds is 1. The van der Waals surface area contributed by atoms with Gasteiger partial charge in [0.15, 0.2) is 0 Å². The lowest BCUT2D eigenvalue weighted by Crippen LogP contribution is -2.44. The molecule has 74 valence electrons. The molecule has 0 saturated carbocycles. The van der Waals surface area contributed by atoms with E-state index in [9.17, 15) is 0 Å². The number of hydrogen-bond donors (Lipinski definition) is 0. The molecule has 0 aliphatic rings. The molecule has 4 heteroatoms. The smallest absolute Gasteiger partial charge is 0.150 e. The van der Waals surface area contributed by atoms with Crippen molar-refractivity contribution >= 4 is 27.0 Å². The Morgan fingerprint density at radius 3 is 2.79 bits per heavy atom. The van der Waals surface area contributed by atoms with Gasteiger partial charge in [0.25, 0.3) is 0 Å². The van der Waals surface area contributed by atoms with E-state index in [2.05, 4.69) is 45.6 Å². The molecule has 0 spiro atoms. The minimum Gasteiger partial charge on any atom is -0.150 e. The van der Waals surface area contributed by atoms with Crippen LogP contribution in [0.4, 0.5) is 0 Å². The summed E-state index contributed by atoms with van der Waals surface area (Å²) in [5.41, 5.74) is 2.20. The van der Waals surface area contributed by atoms with Crippen LogP contribution in [-0.4, -0.2) is 9.90 Å². The van der Waals surface area contributed by atoms with E-state index >= 15 is 0 Å². The predicted molar refractivity (Wildman–Crippen MR) is 59.0 cm³/mol. The lowest BCUT2D eigenvalue weighted by molar-refractivity contribution is -0.772. The molecule has 0 atom stereocenters. The molecule has 2 rings (SSSR count). The minimum absolute atomic E-state index is 0.416. The molecule has 0 saturated heterocycles. The summed E-state index contributed by atoms with van der Waals surface area (Å²) in [6.45, 7) is 4.31. The highest BCUT2D eigenvalue weighted by atomic mass is 79.9. The number of benzene rings is 1. The van der Waals surface area contributed by atoms with E-state index in [0.29, 0.717) is 6.04 Å². The molecule has 0 radical (unpaired) electrons. The fraction of sp³-hybridized carbons (Fsp3) is 0.400. The Balaban J connectivity index is 2.79. The van der Waals surface area contributed by atoms with Crippen LogP contribution >= 0.6 is 15.9 Å². The Morgan fingerprint density at radius 2 is 2.14 bits per heavy atom. The van der Waals surface area contributed by atoms with E-state index in [1.165, 1.54) is 0 Å². The predicted octanol–water partition coefficient (Wildman–Crippen LogP) is 2.20. The molecule has 1 aromatic carbocycles. The highest BCUT2D eigenvalue weighted by Gasteiger charge is 2.18. The number of fused-ring (bicyclic) bond motifs is 1. The van der Waals surface area contributed by atoms with Crippen LogP contribution in [0, 0.1) is 0 Å². The normalized spacial score (nSPS) is 11.5. The Hall–Kier alpha value is -0.900. The van der Waals surface area contributed by atoms with Crippen molar-refractivity contribution < 1.29 is 4.68 Å². The largest absolute Gasteiger partial charge is 0.249 e. The SMILES string of the molecule is CC(C)[n+]1c2cc(Br)ccc2nn1C. The third-order valence-corrected chi connectivity index (χ3v) is 2.73. The van der Waals surface area contributed by atoms with Crippen molar-refractivity contribution in [3.63, 3.8) is 0 Å². The number of aromatic nitrogens is 3. The van der Waals surface area contributed by atoms with Crippen LogP contribution in [0.2, 0.25) is 0 Å². The molecule has 0 fully saturated rings. The second-order valence-corrected chi connectivity index (χ2v) is 4.58. The van der Waals surface area contributed by atoms with Crippen molar-refractivity contribution in [1.29, 1.82) is 0 Å². The van der Waals surface area contributed by atoms with Crippen molar-refractivity contribution in [2.24, 2.45) is 7.05 Å². The van der Waals surface area contributed by atoms with E-state index in [1.807, 2.05) is 24.0 Å². The maximum Gasteiger partial charge on any atom is 0.249 e. The second-order valence-electron chi connectivity index (χ2n) is 3.66. The molecule has 0 unspecified atom stereocenters. The van der Waals surface area contributed by atoms with Gasteiger partial charge in [-0.15, -0.1) is 0 Å². The standard InChI is InChI=1S/C10H13BrN3/c1-7(2)14-10-6-8(11)4-5-9(10)12-13(14)3/h4-7H,1-3H3/q+1. The Morgan fingerprint density at radius 1 is 1.43 bits per heavy atom. The number of hydrogen-bond acceptors (Lipinski definition) is 1. The maximum atomic E-state index is 4.43. The summed E-state index contributed by atoms with van der Waals surface area (Å²) >= 11 is 3.47. The van der Waals surface area contributed by atoms with E-state index in [-0.39, 0.29) is 0 Å². The van der Waals surface area contributed by atoms with Crippen LogP contribution in [0.3, 0.4) is 0 Å². The average molecular weight is 255 g/mol. The quantitative estimate of drug-likeness (QED) is 0.716. The summed E-state index contributed by atoms with van der Waals surface area (Å²) in [5, 5.41) is 4.43. The molecule has 0 aliphatic carbocycles. The lowest BCUT2D eigenvalue weighted by atomic mass is 10.3. The third-order valence-electron chi connectivity index (χ3n) is 2.24. The van der Waals surface area contributed by atoms with Crippen LogP contribution in [-0.2, 0) is 7.05 Å². The maximum absolute atomic E-state index is 4.43. The van der Waals surface area contributed by atoms with Gasteiger partial charge >= 0.3 is 0 Å². The highest BCUT2D eigenvalue weighted by Crippen LogP contribution is 2.16. The van der Waals surface area contributed by atoms with Crippen molar-refractivity contribution in [1.82, 2.24) is 9.90 Å². The molecule has 3 nitrogen and oxygen atoms in total. The fourth-order valence-electron chi connectivity index (χ4n) is 1.74. The van der Waals surface area contributed by atoms with Gasteiger partial charge in [-0.25, -0.2) is 0 Å². The zero-order valence-electron chi connectivity index (χ0n) is 8.53. The molecular formula is C10H13BrN3+. The minimum atomic E-state index is 0.416. The molecule has 0 N–H and O–H groups in total. The highest BCUT2D eigenvalue weighted by molar-refractivity contribution is 9.10. The van der Waals surface area contributed by atoms with E-state index in [1.54, 1.807) is 0 Å². The van der Waals surface area contributed by atoms with Crippen molar-refractivity contribution in [3.05, 3.63) is 22.7 Å². The number of aryl methyl sites for hydroxylation is 1. The first-order valence-electron chi connectivity index (χ1n) is 4.63. The number of nitrogens with zero attached hydrogens (tertiary/aromatic N) is 3. The summed E-state index contributed by atoms with van der Waals surface area (Å²) in [4.78, 5) is 1.89. The van der Waals surface area contributed by atoms with E-state index in [4.69, 9.17) is 0 Å². The van der Waals surface area contributed by atoms with Crippen molar-refractivity contribution in [2.75, 3.05) is 0 Å². The van der Waals surface area contributed by atoms with E-state index in [0.717, 1.165) is 15.5 Å². The molecule has 1 aromatic heterocycles. The van der Waals surface area contributed by atoms with Crippen molar-refractivity contribution in [2.45, 2.75) is 19.9 Å². The van der Waals surface area contributed by atoms with Gasteiger partial charge in [-0.1, -0.05) is 15.9 Å². The zero-order valence-corrected chi connectivity index (χ0v) is 10.1. The first-order chi connectivity index (χ1) is 6.59. The topological polar surface area (TPSA) is 21.7 Å². The fourth-order valence-corrected chi connectivity index (χ4v) is 2.09. The van der Waals surface area contributed by atoms with Gasteiger partial charge in [-0.2, -0.15) is 4.68 Å². The Labute approximate surface area is 91.4 Å². The van der Waals surface area contributed by atoms with Gasteiger partial charge in [0.1, 0.15) is 6.04 Å². The molecule has 0 amide bonds. The van der Waals surface area contributed by atoms with Gasteiger partial charge in [0.2, 0.25) is 11.0 Å². The summed E-state index contributed by atoms with van der Waals surface area (Å²) < 4.78 is 3.26. The van der Waals surface area contributed by atoms with Crippen LogP contribution in [0.25, 0.3) is 11.0 Å². The van der Waals surface area contributed by atoms with E-state index < -0.39 is 0 Å². The monoisotopic (exact) mass is 254 g/mol. The average Bonchev–Trinajstić information content (AvgIpc) is 2.40. The summed E-state index contributed by atoms with van der Waals surface area (Å²) in [7, 11) is 1.97. The van der Waals surface area contributed by atoms with Crippen LogP contribution in [0.1, 0.15) is 19.9 Å². The zero-order chi connectivity index (χ0) is 10.3. The van der Waals surface area contributed by atoms with Gasteiger partial charge in [0, 0.05) is 15.6 Å². The third kappa shape index (κ3) is 1.43. The Bertz CT molecular complexity index is 473. The molecule has 14 heavy (non-hydrogen) atoms. The first kappa shape index (κ1) is 9.65. The summed E-state index contributed by atoms with van der Waals surface area (Å²) in [6, 6.07) is 6.56. The first-order valence-corrected chi connectivity index (χ1v) is 5.43. The van der Waals surface area contributed by atoms with Crippen molar-refractivity contribution in [3.8, 4) is 0 Å². The molecule has 2 aromatic rings. The van der Waals surface area contributed by atoms with Gasteiger partial charge < -0.3 is 0 Å². The summed E-state index contributed by atoms with van der Waals surface area (Å²) in [6.07, 6.45) is 0. The lowest BCUT2D eigenvalue weighted by Gasteiger charge is -2.02. The van der Waals surface area contributed by atoms with Gasteiger partial charge in [-0.3, -0.25) is 0 Å². The van der Waals surface area contributed by atoms with Gasteiger partial charge in [0.05, 0.1) is 7.05 Å². The Kier molecular flexibility index (Phi) is 2.31. The molecule has 1 heterocycles.